The van der Waals surface area contributed by atoms with E-state index >= 15 is 0 Å². The summed E-state index contributed by atoms with van der Waals surface area (Å²) in [7, 11) is -1.99. The quantitative estimate of drug-likeness (QED) is 0.442. The molecular weight excluding hydrogens is 562 g/mol. The fourth-order valence-corrected chi connectivity index (χ4v) is 7.74. The molecule has 1 N–H and O–H groups in total. The second-order valence-corrected chi connectivity index (χ2v) is 13.9. The van der Waals surface area contributed by atoms with Crippen LogP contribution in [0.4, 0.5) is 0 Å². The summed E-state index contributed by atoms with van der Waals surface area (Å²) in [6, 6.07) is 2.79. The van der Waals surface area contributed by atoms with E-state index in [1.54, 1.807) is 12.1 Å². The van der Waals surface area contributed by atoms with Gasteiger partial charge < -0.3 is 14.7 Å². The van der Waals surface area contributed by atoms with Crippen LogP contribution in [0.5, 0.6) is 0 Å². The molecular formula is C26H38ClN5O5S2. The summed E-state index contributed by atoms with van der Waals surface area (Å²) in [5.74, 6) is -0.319. The van der Waals surface area contributed by atoms with Crippen molar-refractivity contribution in [1.82, 2.24) is 24.3 Å². The number of nitrogens with zero attached hydrogens (tertiary/aromatic N) is 4. The first-order valence-electron chi connectivity index (χ1n) is 13.6. The maximum atomic E-state index is 13.3. The van der Waals surface area contributed by atoms with Crippen molar-refractivity contribution in [3.05, 3.63) is 26.8 Å². The van der Waals surface area contributed by atoms with Gasteiger partial charge in [-0.25, -0.2) is 8.42 Å². The van der Waals surface area contributed by atoms with E-state index in [4.69, 9.17) is 11.6 Å². The van der Waals surface area contributed by atoms with E-state index in [0.29, 0.717) is 41.6 Å². The molecule has 3 fully saturated rings. The van der Waals surface area contributed by atoms with Crippen molar-refractivity contribution < 1.29 is 22.8 Å². The van der Waals surface area contributed by atoms with Crippen molar-refractivity contribution in [2.45, 2.75) is 63.6 Å². The third kappa shape index (κ3) is 7.81. The monoisotopic (exact) mass is 599 g/mol. The molecule has 10 nitrogen and oxygen atoms in total. The highest BCUT2D eigenvalue weighted by atomic mass is 35.5. The van der Waals surface area contributed by atoms with Crippen molar-refractivity contribution in [2.75, 3.05) is 46.3 Å². The zero-order valence-electron chi connectivity index (χ0n) is 22.6. The van der Waals surface area contributed by atoms with Crippen LogP contribution in [-0.4, -0.2) is 110 Å². The van der Waals surface area contributed by atoms with Gasteiger partial charge in [0.15, 0.2) is 0 Å². The van der Waals surface area contributed by atoms with Gasteiger partial charge in [0, 0.05) is 68.6 Å². The van der Waals surface area contributed by atoms with Crippen molar-refractivity contribution in [3.8, 4) is 0 Å². The third-order valence-electron chi connectivity index (χ3n) is 7.83. The summed E-state index contributed by atoms with van der Waals surface area (Å²) in [4.78, 5) is 46.7. The van der Waals surface area contributed by atoms with Gasteiger partial charge in [-0.05, 0) is 50.3 Å². The molecule has 13 heteroatoms. The predicted octanol–water partition coefficient (Wildman–Crippen LogP) is 2.22. The van der Waals surface area contributed by atoms with Crippen LogP contribution in [0.3, 0.4) is 0 Å². The number of carbonyl (C=O) groups is 3. The van der Waals surface area contributed by atoms with Crippen molar-refractivity contribution in [1.29, 1.82) is 0 Å². The molecule has 39 heavy (non-hydrogen) atoms. The largest absolute Gasteiger partial charge is 0.341 e. The number of hydrogen-bond donors (Lipinski definition) is 1. The topological polar surface area (TPSA) is 110 Å². The van der Waals surface area contributed by atoms with E-state index in [1.807, 2.05) is 23.8 Å². The van der Waals surface area contributed by atoms with Gasteiger partial charge in [-0.15, -0.1) is 11.3 Å². The third-order valence-corrected chi connectivity index (χ3v) is 10.1. The van der Waals surface area contributed by atoms with Crippen LogP contribution < -0.4 is 4.72 Å². The Labute approximate surface area is 240 Å². The molecule has 3 amide bonds. The molecule has 3 aliphatic heterocycles. The number of halogens is 1. The Balaban J connectivity index is 1.30. The van der Waals surface area contributed by atoms with Crippen LogP contribution >= 0.6 is 22.9 Å². The number of amides is 3. The number of hydrogen-bond acceptors (Lipinski definition) is 7. The lowest BCUT2D eigenvalue weighted by molar-refractivity contribution is -0.143. The number of likely N-dealkylation sites (tertiary alicyclic amines) is 3. The Kier molecular flexibility index (Phi) is 10.1. The first kappa shape index (κ1) is 30.0. The smallest absolute Gasteiger partial charge is 0.242 e. The molecule has 216 valence electrons. The SMILES string of the molecule is CCC(=O)N(C)C1CCN(C[C@@H]2CCCN2C(=O)CN2CCC[C@H](NS(=O)(=O)C=Cc3ccc(Cl)s3)C2=O)C1. The molecule has 0 bridgehead atoms. The Morgan fingerprint density at radius 3 is 2.67 bits per heavy atom. The molecule has 0 radical (unpaired) electrons. The van der Waals surface area contributed by atoms with Gasteiger partial charge in [-0.2, -0.15) is 4.72 Å². The molecule has 3 saturated heterocycles. The number of carbonyl (C=O) groups excluding carboxylic acids is 3. The fourth-order valence-electron chi connectivity index (χ4n) is 5.67. The standard InChI is InChI=1S/C26H38ClN5O5S2/c1-3-24(33)29(2)19-10-14-30(16-19)17-20-6-4-13-32(20)25(34)18-31-12-5-7-22(26(31)35)28-39(36,37)15-11-21-8-9-23(27)38-21/h8-9,11,15,19-20,22,28H,3-7,10,12-14,16-18H2,1-2H3/t19?,20-,22-/m0/s1. The molecule has 3 aliphatic rings. The summed E-state index contributed by atoms with van der Waals surface area (Å²) >= 11 is 7.15. The van der Waals surface area contributed by atoms with E-state index in [2.05, 4.69) is 9.62 Å². The average Bonchev–Trinajstić information content (AvgIpc) is 3.66. The zero-order valence-corrected chi connectivity index (χ0v) is 24.9. The van der Waals surface area contributed by atoms with Crippen molar-refractivity contribution in [2.24, 2.45) is 0 Å². The number of sulfonamides is 1. The Hall–Kier alpha value is -1.99. The number of nitrogens with one attached hydrogen (secondary N) is 1. The molecule has 4 rings (SSSR count). The van der Waals surface area contributed by atoms with Crippen LogP contribution in [-0.2, 0) is 24.4 Å². The molecule has 0 saturated carbocycles. The van der Waals surface area contributed by atoms with Crippen LogP contribution in [0, 0.1) is 0 Å². The molecule has 1 aromatic rings. The lowest BCUT2D eigenvalue weighted by Crippen LogP contribution is -2.55. The second-order valence-electron chi connectivity index (χ2n) is 10.5. The van der Waals surface area contributed by atoms with Crippen LogP contribution in [0.2, 0.25) is 4.34 Å². The normalized spacial score (nSPS) is 24.7. The first-order chi connectivity index (χ1) is 18.6. The number of thiophene rings is 1. The van der Waals surface area contributed by atoms with Gasteiger partial charge in [0.1, 0.15) is 6.04 Å². The number of piperidine rings is 1. The van der Waals surface area contributed by atoms with E-state index in [9.17, 15) is 22.8 Å². The summed E-state index contributed by atoms with van der Waals surface area (Å²) < 4.78 is 28.2. The van der Waals surface area contributed by atoms with E-state index in [1.165, 1.54) is 22.3 Å². The zero-order chi connectivity index (χ0) is 28.2. The minimum atomic E-state index is -3.85. The van der Waals surface area contributed by atoms with Gasteiger partial charge >= 0.3 is 0 Å². The summed E-state index contributed by atoms with van der Waals surface area (Å²) in [6.45, 7) is 5.37. The lowest BCUT2D eigenvalue weighted by Gasteiger charge is -2.34. The molecule has 0 aromatic carbocycles. The highest BCUT2D eigenvalue weighted by molar-refractivity contribution is 7.92. The summed E-state index contributed by atoms with van der Waals surface area (Å²) in [5, 5.41) is 1.04. The molecule has 4 heterocycles. The van der Waals surface area contributed by atoms with Crippen LogP contribution in [0.15, 0.2) is 17.5 Å². The van der Waals surface area contributed by atoms with Crippen LogP contribution in [0.1, 0.15) is 50.3 Å². The molecule has 0 aliphatic carbocycles. The predicted molar refractivity (Wildman–Crippen MR) is 153 cm³/mol. The molecule has 1 aromatic heterocycles. The molecule has 1 unspecified atom stereocenters. The first-order valence-corrected chi connectivity index (χ1v) is 16.3. The van der Waals surface area contributed by atoms with Gasteiger partial charge in [0.25, 0.3) is 0 Å². The maximum Gasteiger partial charge on any atom is 0.242 e. The lowest BCUT2D eigenvalue weighted by atomic mass is 10.1. The molecule has 3 atom stereocenters. The van der Waals surface area contributed by atoms with E-state index < -0.39 is 16.1 Å². The highest BCUT2D eigenvalue weighted by Gasteiger charge is 2.37. The minimum absolute atomic E-state index is 0.0482. The van der Waals surface area contributed by atoms with Gasteiger partial charge in [-0.3, -0.25) is 19.3 Å². The Bertz CT molecular complexity index is 1190. The Morgan fingerprint density at radius 1 is 1.18 bits per heavy atom. The van der Waals surface area contributed by atoms with Gasteiger partial charge in [0.2, 0.25) is 27.7 Å². The van der Waals surface area contributed by atoms with Gasteiger partial charge in [0.05, 0.1) is 10.9 Å². The summed E-state index contributed by atoms with van der Waals surface area (Å²) in [6.07, 6.45) is 5.70. The van der Waals surface area contributed by atoms with Crippen molar-refractivity contribution in [3.63, 3.8) is 0 Å². The Morgan fingerprint density at radius 2 is 1.95 bits per heavy atom. The number of rotatable bonds is 10. The van der Waals surface area contributed by atoms with E-state index in [0.717, 1.165) is 44.3 Å². The van der Waals surface area contributed by atoms with Crippen LogP contribution in [0.25, 0.3) is 6.08 Å². The second kappa shape index (κ2) is 13.1. The highest BCUT2D eigenvalue weighted by Crippen LogP contribution is 2.24. The van der Waals surface area contributed by atoms with E-state index in [-0.39, 0.29) is 36.3 Å². The average molecular weight is 600 g/mol. The molecule has 0 spiro atoms. The summed E-state index contributed by atoms with van der Waals surface area (Å²) in [5.41, 5.74) is 0. The van der Waals surface area contributed by atoms with Crippen molar-refractivity contribution >= 4 is 56.8 Å². The fraction of sp³-hybridized carbons (Fsp3) is 0.654. The maximum absolute atomic E-state index is 13.3. The number of likely N-dealkylation sites (N-methyl/N-ethyl adjacent to an activating group) is 1. The minimum Gasteiger partial charge on any atom is -0.341 e. The van der Waals surface area contributed by atoms with Gasteiger partial charge in [-0.1, -0.05) is 18.5 Å².